The minimum atomic E-state index is 0.529. The van der Waals surface area contributed by atoms with Gasteiger partial charge in [0.15, 0.2) is 0 Å². The van der Waals surface area contributed by atoms with Crippen molar-refractivity contribution in [1.82, 2.24) is 19.7 Å². The molecule has 0 saturated carbocycles. The number of hydrogen-bond donors (Lipinski definition) is 0. The molecule has 23 heavy (non-hydrogen) atoms. The average molecular weight is 335 g/mol. The van der Waals surface area contributed by atoms with Gasteiger partial charge in [-0.05, 0) is 44.0 Å². The number of rotatable bonds is 6. The second kappa shape index (κ2) is 7.79. The zero-order chi connectivity index (χ0) is 16.1. The van der Waals surface area contributed by atoms with E-state index in [0.717, 1.165) is 26.2 Å². The highest BCUT2D eigenvalue weighted by molar-refractivity contribution is 6.31. The summed E-state index contributed by atoms with van der Waals surface area (Å²) >= 11 is 6.08. The quantitative estimate of drug-likeness (QED) is 0.814. The van der Waals surface area contributed by atoms with Crippen LogP contribution in [0.2, 0.25) is 5.02 Å². The first-order valence-electron chi connectivity index (χ1n) is 8.15. The first-order chi connectivity index (χ1) is 11.2. The van der Waals surface area contributed by atoms with Crippen LogP contribution in [0.4, 0.5) is 0 Å². The summed E-state index contributed by atoms with van der Waals surface area (Å²) in [6, 6.07) is 3.62. The third kappa shape index (κ3) is 4.69. The number of halogens is 1. The van der Waals surface area contributed by atoms with Crippen LogP contribution < -0.4 is 4.74 Å². The molecule has 3 heterocycles. The van der Waals surface area contributed by atoms with Gasteiger partial charge in [-0.25, -0.2) is 4.98 Å². The summed E-state index contributed by atoms with van der Waals surface area (Å²) in [4.78, 5) is 6.68. The fourth-order valence-corrected chi connectivity index (χ4v) is 3.17. The lowest BCUT2D eigenvalue weighted by atomic mass is 9.99. The zero-order valence-electron chi connectivity index (χ0n) is 13.5. The number of aryl methyl sites for hydroxylation is 1. The summed E-state index contributed by atoms with van der Waals surface area (Å²) in [6.45, 7) is 6.93. The van der Waals surface area contributed by atoms with Crippen LogP contribution in [0.1, 0.15) is 18.4 Å². The van der Waals surface area contributed by atoms with E-state index in [2.05, 4.69) is 28.1 Å². The van der Waals surface area contributed by atoms with Crippen molar-refractivity contribution in [3.63, 3.8) is 0 Å². The highest BCUT2D eigenvalue weighted by atomic mass is 35.5. The van der Waals surface area contributed by atoms with E-state index in [1.807, 2.05) is 23.0 Å². The summed E-state index contributed by atoms with van der Waals surface area (Å²) < 4.78 is 7.82. The van der Waals surface area contributed by atoms with Gasteiger partial charge in [0, 0.05) is 31.4 Å². The minimum absolute atomic E-state index is 0.529. The molecule has 1 aliphatic heterocycles. The molecule has 0 bridgehead atoms. The number of nitrogens with zero attached hydrogens (tertiary/aromatic N) is 4. The van der Waals surface area contributed by atoms with Gasteiger partial charge >= 0.3 is 0 Å². The topological polar surface area (TPSA) is 43.2 Å². The van der Waals surface area contributed by atoms with Crippen LogP contribution in [0, 0.1) is 12.8 Å². The molecular weight excluding hydrogens is 312 g/mol. The molecule has 124 valence electrons. The largest absolute Gasteiger partial charge is 0.476 e. The summed E-state index contributed by atoms with van der Waals surface area (Å²) in [7, 11) is 0. The Morgan fingerprint density at radius 2 is 2.30 bits per heavy atom. The van der Waals surface area contributed by atoms with Gasteiger partial charge in [0.05, 0.1) is 19.3 Å². The van der Waals surface area contributed by atoms with E-state index in [0.29, 0.717) is 23.4 Å². The van der Waals surface area contributed by atoms with E-state index in [1.54, 1.807) is 6.20 Å². The Bertz CT molecular complexity index is 631. The van der Waals surface area contributed by atoms with Crippen molar-refractivity contribution in [3.05, 3.63) is 41.3 Å². The van der Waals surface area contributed by atoms with Gasteiger partial charge < -0.3 is 9.64 Å². The van der Waals surface area contributed by atoms with Gasteiger partial charge in [-0.3, -0.25) is 4.68 Å². The normalized spacial score (nSPS) is 19.0. The van der Waals surface area contributed by atoms with Crippen molar-refractivity contribution >= 4 is 11.6 Å². The van der Waals surface area contributed by atoms with Crippen molar-refractivity contribution in [3.8, 4) is 5.88 Å². The highest BCUT2D eigenvalue weighted by Crippen LogP contribution is 2.22. The lowest BCUT2D eigenvalue weighted by Gasteiger charge is -2.32. The maximum atomic E-state index is 6.08. The van der Waals surface area contributed by atoms with Gasteiger partial charge in [0.2, 0.25) is 5.88 Å². The van der Waals surface area contributed by atoms with Crippen LogP contribution >= 0.6 is 11.6 Å². The molecule has 0 spiro atoms. The third-order valence-corrected chi connectivity index (χ3v) is 4.48. The minimum Gasteiger partial charge on any atom is -0.476 e. The molecule has 6 heteroatoms. The Hall–Kier alpha value is -1.59. The monoisotopic (exact) mass is 334 g/mol. The van der Waals surface area contributed by atoms with Crippen LogP contribution in [-0.4, -0.2) is 45.9 Å². The molecule has 1 aliphatic rings. The van der Waals surface area contributed by atoms with Crippen molar-refractivity contribution in [2.75, 3.05) is 26.2 Å². The summed E-state index contributed by atoms with van der Waals surface area (Å²) in [6.07, 6.45) is 8.11. The predicted octanol–water partition coefficient (Wildman–Crippen LogP) is 3.03. The van der Waals surface area contributed by atoms with E-state index >= 15 is 0 Å². The SMILES string of the molecule is Cc1cnn(CCN2CCCC(COc3ncccc3Cl)C2)c1. The van der Waals surface area contributed by atoms with Crippen LogP contribution in [0.25, 0.3) is 0 Å². The molecule has 3 rings (SSSR count). The smallest absolute Gasteiger partial charge is 0.232 e. The van der Waals surface area contributed by atoms with Crippen molar-refractivity contribution in [2.45, 2.75) is 26.3 Å². The van der Waals surface area contributed by atoms with Crippen LogP contribution in [-0.2, 0) is 6.54 Å². The van der Waals surface area contributed by atoms with Crippen LogP contribution in [0.15, 0.2) is 30.7 Å². The molecule has 1 fully saturated rings. The number of piperidine rings is 1. The predicted molar refractivity (Wildman–Crippen MR) is 90.9 cm³/mol. The number of likely N-dealkylation sites (tertiary alicyclic amines) is 1. The number of hydrogen-bond acceptors (Lipinski definition) is 4. The zero-order valence-corrected chi connectivity index (χ0v) is 14.2. The van der Waals surface area contributed by atoms with Gasteiger partial charge in [-0.15, -0.1) is 0 Å². The number of pyridine rings is 1. The Kier molecular flexibility index (Phi) is 5.51. The molecule has 0 aromatic carbocycles. The fourth-order valence-electron chi connectivity index (χ4n) is 3.00. The van der Waals surface area contributed by atoms with Crippen LogP contribution in [0.5, 0.6) is 5.88 Å². The van der Waals surface area contributed by atoms with Gasteiger partial charge in [-0.2, -0.15) is 5.10 Å². The summed E-state index contributed by atoms with van der Waals surface area (Å²) in [5, 5.41) is 4.93. The maximum Gasteiger partial charge on any atom is 0.232 e. The van der Waals surface area contributed by atoms with Crippen LogP contribution in [0.3, 0.4) is 0 Å². The molecule has 1 unspecified atom stereocenters. The van der Waals surface area contributed by atoms with Crippen molar-refractivity contribution in [2.24, 2.45) is 5.92 Å². The molecule has 0 N–H and O–H groups in total. The first kappa shape index (κ1) is 16.3. The van der Waals surface area contributed by atoms with E-state index in [1.165, 1.54) is 18.4 Å². The summed E-state index contributed by atoms with van der Waals surface area (Å²) in [5.41, 5.74) is 1.21. The van der Waals surface area contributed by atoms with E-state index in [9.17, 15) is 0 Å². The lowest BCUT2D eigenvalue weighted by molar-refractivity contribution is 0.124. The highest BCUT2D eigenvalue weighted by Gasteiger charge is 2.20. The van der Waals surface area contributed by atoms with Crippen molar-refractivity contribution in [1.29, 1.82) is 0 Å². The Morgan fingerprint density at radius 1 is 1.39 bits per heavy atom. The Morgan fingerprint density at radius 3 is 3.09 bits per heavy atom. The first-order valence-corrected chi connectivity index (χ1v) is 8.53. The van der Waals surface area contributed by atoms with E-state index in [4.69, 9.17) is 16.3 Å². The Labute approximate surface area is 142 Å². The number of aromatic nitrogens is 3. The molecule has 0 aliphatic carbocycles. The van der Waals surface area contributed by atoms with Gasteiger partial charge in [-0.1, -0.05) is 11.6 Å². The lowest BCUT2D eigenvalue weighted by Crippen LogP contribution is -2.39. The standard InChI is InChI=1S/C17H23ClN4O/c1-14-10-20-22(11-14)9-8-21-7-3-4-15(12-21)13-23-17-16(18)5-2-6-19-17/h2,5-6,10-11,15H,3-4,7-9,12-13H2,1H3. The molecule has 2 aromatic heterocycles. The molecular formula is C17H23ClN4O. The van der Waals surface area contributed by atoms with Gasteiger partial charge in [0.1, 0.15) is 5.02 Å². The second-order valence-electron chi connectivity index (χ2n) is 6.19. The molecule has 0 radical (unpaired) electrons. The molecule has 2 aromatic rings. The second-order valence-corrected chi connectivity index (χ2v) is 6.60. The van der Waals surface area contributed by atoms with E-state index in [-0.39, 0.29) is 0 Å². The third-order valence-electron chi connectivity index (χ3n) is 4.19. The molecule has 5 nitrogen and oxygen atoms in total. The van der Waals surface area contributed by atoms with Crippen molar-refractivity contribution < 1.29 is 4.74 Å². The molecule has 0 amide bonds. The Balaban J connectivity index is 1.45. The van der Waals surface area contributed by atoms with E-state index < -0.39 is 0 Å². The summed E-state index contributed by atoms with van der Waals surface area (Å²) in [5.74, 6) is 1.07. The maximum absolute atomic E-state index is 6.08. The molecule has 1 atom stereocenters. The molecule has 1 saturated heterocycles. The van der Waals surface area contributed by atoms with Gasteiger partial charge in [0.25, 0.3) is 0 Å². The fraction of sp³-hybridized carbons (Fsp3) is 0.529. The number of ether oxygens (including phenoxy) is 1. The average Bonchev–Trinajstić information content (AvgIpc) is 2.98.